The maximum Gasteiger partial charge on any atom is 0.276 e. The number of hydrazine groups is 1. The Hall–Kier alpha value is -2.93. The summed E-state index contributed by atoms with van der Waals surface area (Å²) in [5, 5.41) is 0.396. The molecule has 0 heterocycles. The second-order valence-corrected chi connectivity index (χ2v) is 6.20. The number of nitrogens with one attached hydrogen (secondary N) is 2. The Morgan fingerprint density at radius 3 is 2.50 bits per heavy atom. The molecule has 2 amide bonds. The van der Waals surface area contributed by atoms with Gasteiger partial charge in [-0.25, -0.2) is 0 Å². The summed E-state index contributed by atoms with van der Waals surface area (Å²) >= 11 is 5.95. The van der Waals surface area contributed by atoms with Gasteiger partial charge in [-0.15, -0.1) is 0 Å². The van der Waals surface area contributed by atoms with Gasteiger partial charge in [-0.1, -0.05) is 37.1 Å². The smallest absolute Gasteiger partial charge is 0.276 e. The van der Waals surface area contributed by atoms with E-state index in [0.29, 0.717) is 34.4 Å². The quantitative estimate of drug-likeness (QED) is 0.492. The number of unbranched alkanes of at least 4 members (excludes halogenated alkanes) is 1. The van der Waals surface area contributed by atoms with E-state index in [2.05, 4.69) is 17.8 Å². The summed E-state index contributed by atoms with van der Waals surface area (Å²) in [5.41, 5.74) is 4.92. The average molecular weight is 407 g/mol. The van der Waals surface area contributed by atoms with Crippen molar-refractivity contribution in [3.8, 4) is 17.2 Å². The summed E-state index contributed by atoms with van der Waals surface area (Å²) in [6.45, 7) is 2.35. The average Bonchev–Trinajstić information content (AvgIpc) is 2.71. The highest BCUT2D eigenvalue weighted by Crippen LogP contribution is 2.28. The first-order valence-corrected chi connectivity index (χ1v) is 9.20. The van der Waals surface area contributed by atoms with E-state index < -0.39 is 11.8 Å². The van der Waals surface area contributed by atoms with Gasteiger partial charge in [0.2, 0.25) is 0 Å². The molecule has 0 aliphatic heterocycles. The number of hydrogen-bond acceptors (Lipinski definition) is 5. The molecule has 28 heavy (non-hydrogen) atoms. The Morgan fingerprint density at radius 1 is 1.00 bits per heavy atom. The zero-order valence-corrected chi connectivity index (χ0v) is 16.5. The highest BCUT2D eigenvalue weighted by Gasteiger charge is 2.12. The minimum atomic E-state index is -0.528. The van der Waals surface area contributed by atoms with Crippen LogP contribution in [0.3, 0.4) is 0 Å². The third-order valence-corrected chi connectivity index (χ3v) is 4.00. The summed E-state index contributed by atoms with van der Waals surface area (Å²) in [6.07, 6.45) is 1.94. The number of amides is 2. The molecule has 0 saturated heterocycles. The molecule has 150 valence electrons. The molecular formula is C20H23ClN2O5. The molecule has 0 aromatic heterocycles. The molecule has 2 rings (SSSR count). The lowest BCUT2D eigenvalue weighted by Gasteiger charge is -2.13. The van der Waals surface area contributed by atoms with Crippen LogP contribution in [0.1, 0.15) is 30.1 Å². The van der Waals surface area contributed by atoms with E-state index in [1.807, 2.05) is 0 Å². The van der Waals surface area contributed by atoms with E-state index in [1.165, 1.54) is 7.11 Å². The van der Waals surface area contributed by atoms with Gasteiger partial charge in [0.25, 0.3) is 11.8 Å². The highest BCUT2D eigenvalue weighted by atomic mass is 35.5. The molecule has 8 heteroatoms. The van der Waals surface area contributed by atoms with E-state index in [0.717, 1.165) is 12.8 Å². The predicted octanol–water partition coefficient (Wildman–Crippen LogP) is 3.37. The normalized spacial score (nSPS) is 10.1. The third kappa shape index (κ3) is 6.35. The van der Waals surface area contributed by atoms with Crippen LogP contribution in [0.15, 0.2) is 42.5 Å². The van der Waals surface area contributed by atoms with Crippen LogP contribution in [0.25, 0.3) is 0 Å². The Labute approximate surface area is 168 Å². The van der Waals surface area contributed by atoms with Gasteiger partial charge in [-0.2, -0.15) is 0 Å². The SMILES string of the molecule is CCCCOc1ccc(C(=O)NNC(=O)COc2ccccc2Cl)cc1OC. The van der Waals surface area contributed by atoms with Crippen molar-refractivity contribution in [1.82, 2.24) is 10.9 Å². The number of benzene rings is 2. The zero-order valence-electron chi connectivity index (χ0n) is 15.8. The van der Waals surface area contributed by atoms with E-state index in [-0.39, 0.29) is 6.61 Å². The highest BCUT2D eigenvalue weighted by molar-refractivity contribution is 6.32. The summed E-state index contributed by atoms with van der Waals surface area (Å²) in [5.74, 6) is 0.361. The van der Waals surface area contributed by atoms with Gasteiger partial charge in [-0.3, -0.25) is 20.4 Å². The number of methoxy groups -OCH3 is 1. The van der Waals surface area contributed by atoms with Crippen LogP contribution in [0.2, 0.25) is 5.02 Å². The van der Waals surface area contributed by atoms with Gasteiger partial charge in [-0.05, 0) is 36.8 Å². The first-order valence-electron chi connectivity index (χ1n) is 8.82. The number of ether oxygens (including phenoxy) is 3. The molecular weight excluding hydrogens is 384 g/mol. The summed E-state index contributed by atoms with van der Waals surface area (Å²) in [4.78, 5) is 24.1. The van der Waals surface area contributed by atoms with Crippen LogP contribution in [0, 0.1) is 0 Å². The van der Waals surface area contributed by atoms with Crippen molar-refractivity contribution in [1.29, 1.82) is 0 Å². The fourth-order valence-corrected chi connectivity index (χ4v) is 2.38. The monoisotopic (exact) mass is 406 g/mol. The molecule has 0 atom stereocenters. The molecule has 0 aliphatic rings. The first kappa shape index (κ1) is 21.4. The van der Waals surface area contributed by atoms with Crippen LogP contribution in [0.4, 0.5) is 0 Å². The van der Waals surface area contributed by atoms with Gasteiger partial charge < -0.3 is 14.2 Å². The van der Waals surface area contributed by atoms with Crippen molar-refractivity contribution < 1.29 is 23.8 Å². The Balaban J connectivity index is 1.86. The predicted molar refractivity (Wildman–Crippen MR) is 106 cm³/mol. The second kappa shape index (κ2) is 11.0. The molecule has 7 nitrogen and oxygen atoms in total. The van der Waals surface area contributed by atoms with Crippen LogP contribution in [0.5, 0.6) is 17.2 Å². The van der Waals surface area contributed by atoms with Crippen LogP contribution >= 0.6 is 11.6 Å². The number of carbonyl (C=O) groups is 2. The molecule has 2 aromatic carbocycles. The van der Waals surface area contributed by atoms with E-state index in [1.54, 1.807) is 42.5 Å². The van der Waals surface area contributed by atoms with Crippen LogP contribution in [-0.2, 0) is 4.79 Å². The van der Waals surface area contributed by atoms with Gasteiger partial charge in [0.15, 0.2) is 18.1 Å². The number of hydrogen-bond donors (Lipinski definition) is 2. The van der Waals surface area contributed by atoms with Gasteiger partial charge in [0.05, 0.1) is 18.7 Å². The van der Waals surface area contributed by atoms with Crippen molar-refractivity contribution in [3.63, 3.8) is 0 Å². The topological polar surface area (TPSA) is 85.9 Å². The fraction of sp³-hybridized carbons (Fsp3) is 0.300. The maximum atomic E-state index is 12.2. The van der Waals surface area contributed by atoms with Crippen LogP contribution in [-0.4, -0.2) is 32.1 Å². The molecule has 2 aromatic rings. The molecule has 0 fully saturated rings. The molecule has 0 spiro atoms. The van der Waals surface area contributed by atoms with E-state index in [9.17, 15) is 9.59 Å². The minimum absolute atomic E-state index is 0.294. The van der Waals surface area contributed by atoms with Crippen molar-refractivity contribution in [2.75, 3.05) is 20.3 Å². The lowest BCUT2D eigenvalue weighted by Crippen LogP contribution is -2.43. The second-order valence-electron chi connectivity index (χ2n) is 5.79. The van der Waals surface area contributed by atoms with Gasteiger partial charge in [0.1, 0.15) is 5.75 Å². The maximum absolute atomic E-state index is 12.2. The van der Waals surface area contributed by atoms with Gasteiger partial charge >= 0.3 is 0 Å². The van der Waals surface area contributed by atoms with E-state index in [4.69, 9.17) is 25.8 Å². The number of halogens is 1. The summed E-state index contributed by atoms with van der Waals surface area (Å²) < 4.78 is 16.2. The summed E-state index contributed by atoms with van der Waals surface area (Å²) in [6, 6.07) is 11.6. The van der Waals surface area contributed by atoms with Crippen molar-refractivity contribution >= 4 is 23.4 Å². The lowest BCUT2D eigenvalue weighted by atomic mass is 10.2. The standard InChI is InChI=1S/C20H23ClN2O5/c1-3-4-11-27-17-10-9-14(12-18(17)26-2)20(25)23-22-19(24)13-28-16-8-6-5-7-15(16)21/h5-10,12H,3-4,11,13H2,1-2H3,(H,22,24)(H,23,25). The Kier molecular flexibility index (Phi) is 8.42. The number of carbonyl (C=O) groups excluding carboxylic acids is 2. The van der Waals surface area contributed by atoms with Crippen molar-refractivity contribution in [2.24, 2.45) is 0 Å². The molecule has 0 saturated carbocycles. The minimum Gasteiger partial charge on any atom is -0.493 e. The zero-order chi connectivity index (χ0) is 20.4. The van der Waals surface area contributed by atoms with E-state index >= 15 is 0 Å². The Morgan fingerprint density at radius 2 is 1.79 bits per heavy atom. The molecule has 0 radical (unpaired) electrons. The Bertz CT molecular complexity index is 813. The van der Waals surface area contributed by atoms with Crippen LogP contribution < -0.4 is 25.1 Å². The third-order valence-electron chi connectivity index (χ3n) is 3.69. The number of rotatable bonds is 9. The largest absolute Gasteiger partial charge is 0.493 e. The van der Waals surface area contributed by atoms with Gasteiger partial charge in [0, 0.05) is 5.56 Å². The van der Waals surface area contributed by atoms with Crippen molar-refractivity contribution in [3.05, 3.63) is 53.1 Å². The molecule has 0 bridgehead atoms. The van der Waals surface area contributed by atoms with Crippen molar-refractivity contribution in [2.45, 2.75) is 19.8 Å². The molecule has 0 unspecified atom stereocenters. The molecule has 0 aliphatic carbocycles. The lowest BCUT2D eigenvalue weighted by molar-refractivity contribution is -0.123. The first-order chi connectivity index (χ1) is 13.5. The fourth-order valence-electron chi connectivity index (χ4n) is 2.19. The summed E-state index contributed by atoms with van der Waals surface area (Å²) in [7, 11) is 1.50. The molecule has 2 N–H and O–H groups in total. The number of para-hydroxylation sites is 1.